The van der Waals surface area contributed by atoms with E-state index in [1.807, 2.05) is 13.8 Å². The number of hydrogen-bond acceptors (Lipinski definition) is 4. The van der Waals surface area contributed by atoms with Gasteiger partial charge >= 0.3 is 0 Å². The predicted molar refractivity (Wildman–Crippen MR) is 91.6 cm³/mol. The van der Waals surface area contributed by atoms with E-state index < -0.39 is 16.1 Å². The fourth-order valence-corrected chi connectivity index (χ4v) is 4.92. The summed E-state index contributed by atoms with van der Waals surface area (Å²) in [6, 6.07) is 7.99. The van der Waals surface area contributed by atoms with Gasteiger partial charge in [-0.25, -0.2) is 8.42 Å². The van der Waals surface area contributed by atoms with Gasteiger partial charge in [-0.05, 0) is 36.0 Å². The molecule has 1 aliphatic heterocycles. The zero-order valence-electron chi connectivity index (χ0n) is 14.2. The molecule has 1 atom stereocenters. The lowest BCUT2D eigenvalue weighted by Gasteiger charge is -2.41. The lowest BCUT2D eigenvalue weighted by atomic mass is 9.78. The lowest BCUT2D eigenvalue weighted by molar-refractivity contribution is 0.0963. The van der Waals surface area contributed by atoms with E-state index in [4.69, 9.17) is 0 Å². The van der Waals surface area contributed by atoms with E-state index >= 15 is 0 Å². The summed E-state index contributed by atoms with van der Waals surface area (Å²) in [5, 5.41) is 12.0. The fourth-order valence-electron chi connectivity index (χ4n) is 3.08. The van der Waals surface area contributed by atoms with E-state index in [-0.39, 0.29) is 17.1 Å². The summed E-state index contributed by atoms with van der Waals surface area (Å²) in [4.78, 5) is 11.5. The summed E-state index contributed by atoms with van der Waals surface area (Å²) in [6.07, 6.45) is 1.58. The van der Waals surface area contributed by atoms with Crippen molar-refractivity contribution in [2.45, 2.75) is 38.5 Å². The molecule has 1 N–H and O–H groups in total. The summed E-state index contributed by atoms with van der Waals surface area (Å²) in [6.45, 7) is 4.24. The molecule has 1 aromatic rings. The monoisotopic (exact) mass is 349 g/mol. The van der Waals surface area contributed by atoms with Crippen molar-refractivity contribution in [3.63, 3.8) is 0 Å². The Morgan fingerprint density at radius 2 is 2.00 bits per heavy atom. The largest absolute Gasteiger partial charge is 0.355 e. The van der Waals surface area contributed by atoms with E-state index in [1.54, 1.807) is 31.3 Å². The highest BCUT2D eigenvalue weighted by molar-refractivity contribution is 7.88. The maximum Gasteiger partial charge on any atom is 0.251 e. The standard InChI is InChI=1S/C17H23N3O3S/c1-17(2)9-4-10-20(15(17)11-18)24(22,23)12-13-5-7-14(8-6-13)16(21)19-3/h5-8,15H,4,9-10,12H2,1-3H3,(H,19,21)/t15-/m1/s1. The number of carbonyl (C=O) groups is 1. The minimum absolute atomic E-state index is 0.171. The molecule has 2 rings (SSSR count). The quantitative estimate of drug-likeness (QED) is 0.899. The van der Waals surface area contributed by atoms with Crippen molar-refractivity contribution in [1.29, 1.82) is 5.26 Å². The first-order chi connectivity index (χ1) is 11.2. The van der Waals surface area contributed by atoms with Crippen molar-refractivity contribution < 1.29 is 13.2 Å². The molecule has 0 aliphatic carbocycles. The topological polar surface area (TPSA) is 90.3 Å². The third-order valence-electron chi connectivity index (χ3n) is 4.50. The number of rotatable bonds is 4. The zero-order valence-corrected chi connectivity index (χ0v) is 15.1. The Labute approximate surface area is 143 Å². The third kappa shape index (κ3) is 3.77. The van der Waals surface area contributed by atoms with Gasteiger partial charge in [0.2, 0.25) is 10.0 Å². The first-order valence-electron chi connectivity index (χ1n) is 7.91. The SMILES string of the molecule is CNC(=O)c1ccc(CS(=O)(=O)N2CCCC(C)(C)[C@H]2C#N)cc1. The summed E-state index contributed by atoms with van der Waals surface area (Å²) in [5.41, 5.74) is 0.721. The van der Waals surface area contributed by atoms with Crippen LogP contribution in [-0.4, -0.2) is 38.3 Å². The number of carbonyl (C=O) groups excluding carboxylic acids is 1. The second kappa shape index (κ2) is 6.91. The molecule has 0 aromatic heterocycles. The minimum Gasteiger partial charge on any atom is -0.355 e. The predicted octanol–water partition coefficient (Wildman–Crippen LogP) is 1.89. The van der Waals surface area contributed by atoms with Gasteiger partial charge in [0, 0.05) is 19.2 Å². The van der Waals surface area contributed by atoms with E-state index in [0.29, 0.717) is 17.7 Å². The highest BCUT2D eigenvalue weighted by atomic mass is 32.2. The second-order valence-corrected chi connectivity index (χ2v) is 8.69. The van der Waals surface area contributed by atoms with Crippen LogP contribution in [0, 0.1) is 16.7 Å². The average Bonchev–Trinajstić information content (AvgIpc) is 2.53. The van der Waals surface area contributed by atoms with Crippen LogP contribution in [0.5, 0.6) is 0 Å². The smallest absolute Gasteiger partial charge is 0.251 e. The molecule has 1 amide bonds. The molecule has 24 heavy (non-hydrogen) atoms. The van der Waals surface area contributed by atoms with Gasteiger partial charge in [0.25, 0.3) is 5.91 Å². The van der Waals surface area contributed by atoms with Gasteiger partial charge in [-0.1, -0.05) is 26.0 Å². The molecule has 1 aliphatic rings. The van der Waals surface area contributed by atoms with Crippen LogP contribution in [-0.2, 0) is 15.8 Å². The number of nitriles is 1. The number of hydrogen-bond donors (Lipinski definition) is 1. The third-order valence-corrected chi connectivity index (χ3v) is 6.31. The highest BCUT2D eigenvalue weighted by Gasteiger charge is 2.43. The van der Waals surface area contributed by atoms with Gasteiger partial charge in [-0.2, -0.15) is 9.57 Å². The van der Waals surface area contributed by atoms with Crippen LogP contribution in [0.4, 0.5) is 0 Å². The van der Waals surface area contributed by atoms with Crippen LogP contribution in [0.1, 0.15) is 42.6 Å². The second-order valence-electron chi connectivity index (χ2n) is 6.77. The fraction of sp³-hybridized carbons (Fsp3) is 0.529. The van der Waals surface area contributed by atoms with Gasteiger partial charge < -0.3 is 5.32 Å². The lowest BCUT2D eigenvalue weighted by Crippen LogP contribution is -2.51. The van der Waals surface area contributed by atoms with Crippen LogP contribution < -0.4 is 5.32 Å². The van der Waals surface area contributed by atoms with E-state index in [9.17, 15) is 18.5 Å². The molecule has 0 saturated carbocycles. The Hall–Kier alpha value is -1.91. The number of piperidine rings is 1. The van der Waals surface area contributed by atoms with Crippen molar-refractivity contribution in [1.82, 2.24) is 9.62 Å². The molecule has 1 heterocycles. The minimum atomic E-state index is -3.60. The van der Waals surface area contributed by atoms with Gasteiger partial charge in [0.15, 0.2) is 0 Å². The van der Waals surface area contributed by atoms with E-state index in [2.05, 4.69) is 11.4 Å². The molecule has 1 saturated heterocycles. The first-order valence-corrected chi connectivity index (χ1v) is 9.52. The normalized spacial score (nSPS) is 21.0. The van der Waals surface area contributed by atoms with Crippen molar-refractivity contribution in [2.75, 3.05) is 13.6 Å². The van der Waals surface area contributed by atoms with Crippen LogP contribution in [0.25, 0.3) is 0 Å². The Kier molecular flexibility index (Phi) is 5.31. The Bertz CT molecular complexity index is 748. The molecule has 0 unspecified atom stereocenters. The van der Waals surface area contributed by atoms with Gasteiger partial charge in [-0.15, -0.1) is 0 Å². The van der Waals surface area contributed by atoms with Gasteiger partial charge in [-0.3, -0.25) is 4.79 Å². The van der Waals surface area contributed by atoms with E-state index in [0.717, 1.165) is 12.8 Å². The maximum atomic E-state index is 12.8. The van der Waals surface area contributed by atoms with Crippen LogP contribution in [0.3, 0.4) is 0 Å². The number of benzene rings is 1. The number of nitrogens with zero attached hydrogens (tertiary/aromatic N) is 2. The average molecular weight is 349 g/mol. The van der Waals surface area contributed by atoms with Crippen molar-refractivity contribution in [2.24, 2.45) is 5.41 Å². The van der Waals surface area contributed by atoms with E-state index in [1.165, 1.54) is 4.31 Å². The van der Waals surface area contributed by atoms with Crippen LogP contribution in [0.2, 0.25) is 0 Å². The first kappa shape index (κ1) is 18.4. The molecular weight excluding hydrogens is 326 g/mol. The Morgan fingerprint density at radius 3 is 2.54 bits per heavy atom. The molecule has 1 aromatic carbocycles. The molecule has 1 fully saturated rings. The molecule has 0 spiro atoms. The van der Waals surface area contributed by atoms with Crippen LogP contribution >= 0.6 is 0 Å². The molecule has 6 nitrogen and oxygen atoms in total. The maximum absolute atomic E-state index is 12.8. The summed E-state index contributed by atoms with van der Waals surface area (Å²) in [7, 11) is -2.05. The van der Waals surface area contributed by atoms with Crippen molar-refractivity contribution in [3.8, 4) is 6.07 Å². The number of sulfonamides is 1. The highest BCUT2D eigenvalue weighted by Crippen LogP contribution is 2.36. The Balaban J connectivity index is 2.22. The molecule has 130 valence electrons. The summed E-state index contributed by atoms with van der Waals surface area (Å²) >= 11 is 0. The molecular formula is C17H23N3O3S. The number of nitrogens with one attached hydrogen (secondary N) is 1. The Morgan fingerprint density at radius 1 is 1.38 bits per heavy atom. The molecule has 0 bridgehead atoms. The summed E-state index contributed by atoms with van der Waals surface area (Å²) < 4.78 is 26.9. The zero-order chi connectivity index (χ0) is 18.0. The van der Waals surface area contributed by atoms with Crippen molar-refractivity contribution >= 4 is 15.9 Å². The van der Waals surface area contributed by atoms with Gasteiger partial charge in [0.1, 0.15) is 6.04 Å². The van der Waals surface area contributed by atoms with Gasteiger partial charge in [0.05, 0.1) is 11.8 Å². The van der Waals surface area contributed by atoms with Crippen LogP contribution in [0.15, 0.2) is 24.3 Å². The molecule has 0 radical (unpaired) electrons. The number of amides is 1. The summed E-state index contributed by atoms with van der Waals surface area (Å²) in [5.74, 6) is -0.387. The van der Waals surface area contributed by atoms with Crippen molar-refractivity contribution in [3.05, 3.63) is 35.4 Å². The molecule has 7 heteroatoms.